The quantitative estimate of drug-likeness (QED) is 0.871. The maximum absolute atomic E-state index is 5.47. The third kappa shape index (κ3) is 2.26. The number of fused-ring (bicyclic) bond motifs is 1. The molecule has 3 atom stereocenters. The predicted molar refractivity (Wildman–Crippen MR) is 67.9 cm³/mol. The predicted octanol–water partition coefficient (Wildman–Crippen LogP) is 2.56. The van der Waals surface area contributed by atoms with Crippen molar-refractivity contribution >= 4 is 0 Å². The van der Waals surface area contributed by atoms with Gasteiger partial charge in [-0.3, -0.25) is 4.90 Å². The van der Waals surface area contributed by atoms with Gasteiger partial charge in [0.25, 0.3) is 0 Å². The Balaban J connectivity index is 1.62. The lowest BCUT2D eigenvalue weighted by atomic mass is 9.98. The second-order valence-electron chi connectivity index (χ2n) is 5.40. The molecule has 0 saturated carbocycles. The van der Waals surface area contributed by atoms with Crippen molar-refractivity contribution in [3.05, 3.63) is 24.2 Å². The lowest BCUT2D eigenvalue weighted by Gasteiger charge is -2.33. The summed E-state index contributed by atoms with van der Waals surface area (Å²) in [6, 6.07) is 5.77. The van der Waals surface area contributed by atoms with Crippen molar-refractivity contribution in [2.75, 3.05) is 13.1 Å². The van der Waals surface area contributed by atoms with Crippen LogP contribution in [0.4, 0.5) is 0 Å². The standard InChI is InChI=1S/C14H22N2O/c1-11(14-6-4-10-17-14)15-12-7-9-16-8-3-2-5-13(12)16/h4,6,10-13,15H,2-3,5,7-9H2,1H3/t11-,12?,13?/m1/s1. The third-order valence-corrected chi connectivity index (χ3v) is 4.29. The molecule has 0 spiro atoms. The third-order valence-electron chi connectivity index (χ3n) is 4.29. The summed E-state index contributed by atoms with van der Waals surface area (Å²) in [5.74, 6) is 1.05. The Hall–Kier alpha value is -0.800. The van der Waals surface area contributed by atoms with Crippen molar-refractivity contribution in [2.24, 2.45) is 0 Å². The van der Waals surface area contributed by atoms with Crippen LogP contribution in [0.3, 0.4) is 0 Å². The Morgan fingerprint density at radius 3 is 3.12 bits per heavy atom. The van der Waals surface area contributed by atoms with E-state index in [0.717, 1.165) is 11.8 Å². The van der Waals surface area contributed by atoms with E-state index in [1.54, 1.807) is 6.26 Å². The molecule has 17 heavy (non-hydrogen) atoms. The molecule has 0 bridgehead atoms. The van der Waals surface area contributed by atoms with E-state index in [-0.39, 0.29) is 0 Å². The van der Waals surface area contributed by atoms with Gasteiger partial charge in [0.2, 0.25) is 0 Å². The van der Waals surface area contributed by atoms with Crippen LogP contribution < -0.4 is 5.32 Å². The molecule has 3 heterocycles. The zero-order valence-corrected chi connectivity index (χ0v) is 10.6. The smallest absolute Gasteiger partial charge is 0.120 e. The molecule has 2 aliphatic heterocycles. The molecule has 0 aliphatic carbocycles. The SMILES string of the molecule is C[C@@H](NC1CCN2CCCCC12)c1ccco1. The van der Waals surface area contributed by atoms with Crippen LogP contribution in [0.1, 0.15) is 44.4 Å². The van der Waals surface area contributed by atoms with Crippen LogP contribution in [0.2, 0.25) is 0 Å². The van der Waals surface area contributed by atoms with Crippen LogP contribution in [-0.2, 0) is 0 Å². The summed E-state index contributed by atoms with van der Waals surface area (Å²) >= 11 is 0. The summed E-state index contributed by atoms with van der Waals surface area (Å²) in [6.07, 6.45) is 7.19. The average Bonchev–Trinajstić information content (AvgIpc) is 2.98. The van der Waals surface area contributed by atoms with E-state index in [1.165, 1.54) is 38.8 Å². The molecule has 94 valence electrons. The number of piperidine rings is 1. The summed E-state index contributed by atoms with van der Waals surface area (Å²) in [6.45, 7) is 4.77. The first-order valence-electron chi connectivity index (χ1n) is 6.88. The van der Waals surface area contributed by atoms with E-state index >= 15 is 0 Å². The van der Waals surface area contributed by atoms with Crippen molar-refractivity contribution in [1.82, 2.24) is 10.2 Å². The van der Waals surface area contributed by atoms with Gasteiger partial charge in [0.15, 0.2) is 0 Å². The number of rotatable bonds is 3. The normalized spacial score (nSPS) is 31.4. The van der Waals surface area contributed by atoms with E-state index < -0.39 is 0 Å². The van der Waals surface area contributed by atoms with Gasteiger partial charge in [0, 0.05) is 18.6 Å². The number of nitrogens with one attached hydrogen (secondary N) is 1. The lowest BCUT2D eigenvalue weighted by molar-refractivity contribution is 0.176. The van der Waals surface area contributed by atoms with Gasteiger partial charge < -0.3 is 9.73 Å². The number of nitrogens with zero attached hydrogens (tertiary/aromatic N) is 1. The molecule has 1 aromatic rings. The van der Waals surface area contributed by atoms with E-state index in [2.05, 4.69) is 23.2 Å². The van der Waals surface area contributed by atoms with Crippen LogP contribution in [0, 0.1) is 0 Å². The maximum atomic E-state index is 5.47. The fourth-order valence-corrected chi connectivity index (χ4v) is 3.38. The Morgan fingerprint density at radius 2 is 2.29 bits per heavy atom. The Kier molecular flexibility index (Phi) is 3.21. The highest BCUT2D eigenvalue weighted by molar-refractivity contribution is 5.05. The van der Waals surface area contributed by atoms with Gasteiger partial charge in [-0.1, -0.05) is 6.42 Å². The molecule has 3 rings (SSSR count). The van der Waals surface area contributed by atoms with Crippen molar-refractivity contribution in [1.29, 1.82) is 0 Å². The Bertz CT molecular complexity index is 349. The first-order chi connectivity index (χ1) is 8.34. The summed E-state index contributed by atoms with van der Waals surface area (Å²) in [5, 5.41) is 3.74. The van der Waals surface area contributed by atoms with E-state index in [9.17, 15) is 0 Å². The van der Waals surface area contributed by atoms with E-state index in [0.29, 0.717) is 12.1 Å². The summed E-state index contributed by atoms with van der Waals surface area (Å²) in [7, 11) is 0. The minimum absolute atomic E-state index is 0.330. The second kappa shape index (κ2) is 4.83. The van der Waals surface area contributed by atoms with Crippen LogP contribution in [-0.4, -0.2) is 30.1 Å². The number of hydrogen-bond acceptors (Lipinski definition) is 3. The van der Waals surface area contributed by atoms with Gasteiger partial charge in [-0.2, -0.15) is 0 Å². The molecule has 0 amide bonds. The highest BCUT2D eigenvalue weighted by Crippen LogP contribution is 2.28. The molecule has 0 radical (unpaired) electrons. The Labute approximate surface area is 103 Å². The highest BCUT2D eigenvalue weighted by Gasteiger charge is 2.36. The lowest BCUT2D eigenvalue weighted by Crippen LogP contribution is -2.45. The molecule has 2 aliphatic rings. The zero-order chi connectivity index (χ0) is 11.7. The van der Waals surface area contributed by atoms with Gasteiger partial charge in [0.1, 0.15) is 5.76 Å². The second-order valence-corrected chi connectivity index (χ2v) is 5.40. The van der Waals surface area contributed by atoms with Crippen molar-refractivity contribution in [3.63, 3.8) is 0 Å². The average molecular weight is 234 g/mol. The molecule has 1 N–H and O–H groups in total. The van der Waals surface area contributed by atoms with Crippen molar-refractivity contribution < 1.29 is 4.42 Å². The molecule has 0 aromatic carbocycles. The first kappa shape index (κ1) is 11.3. The molecule has 2 saturated heterocycles. The Morgan fingerprint density at radius 1 is 1.35 bits per heavy atom. The van der Waals surface area contributed by atoms with E-state index in [4.69, 9.17) is 4.42 Å². The summed E-state index contributed by atoms with van der Waals surface area (Å²) < 4.78 is 5.47. The number of furan rings is 1. The molecule has 2 unspecified atom stereocenters. The van der Waals surface area contributed by atoms with Crippen LogP contribution in [0.5, 0.6) is 0 Å². The van der Waals surface area contributed by atoms with Gasteiger partial charge >= 0.3 is 0 Å². The monoisotopic (exact) mass is 234 g/mol. The fourth-order valence-electron chi connectivity index (χ4n) is 3.38. The van der Waals surface area contributed by atoms with Crippen molar-refractivity contribution in [2.45, 2.75) is 50.7 Å². The summed E-state index contributed by atoms with van der Waals surface area (Å²) in [5.41, 5.74) is 0. The van der Waals surface area contributed by atoms with Gasteiger partial charge in [-0.25, -0.2) is 0 Å². The minimum Gasteiger partial charge on any atom is -0.468 e. The number of hydrogen-bond donors (Lipinski definition) is 1. The van der Waals surface area contributed by atoms with Gasteiger partial charge in [-0.15, -0.1) is 0 Å². The van der Waals surface area contributed by atoms with Crippen LogP contribution in [0.15, 0.2) is 22.8 Å². The molecule has 2 fully saturated rings. The van der Waals surface area contributed by atoms with Crippen LogP contribution >= 0.6 is 0 Å². The summed E-state index contributed by atoms with van der Waals surface area (Å²) in [4.78, 5) is 2.66. The zero-order valence-electron chi connectivity index (χ0n) is 10.6. The molecule has 1 aromatic heterocycles. The molecule has 3 nitrogen and oxygen atoms in total. The van der Waals surface area contributed by atoms with E-state index in [1.807, 2.05) is 6.07 Å². The largest absolute Gasteiger partial charge is 0.468 e. The minimum atomic E-state index is 0.330. The topological polar surface area (TPSA) is 28.4 Å². The highest BCUT2D eigenvalue weighted by atomic mass is 16.3. The van der Waals surface area contributed by atoms with Gasteiger partial charge in [-0.05, 0) is 44.9 Å². The molecular weight excluding hydrogens is 212 g/mol. The maximum Gasteiger partial charge on any atom is 0.120 e. The first-order valence-corrected chi connectivity index (χ1v) is 6.88. The van der Waals surface area contributed by atoms with Crippen molar-refractivity contribution in [3.8, 4) is 0 Å². The van der Waals surface area contributed by atoms with Crippen LogP contribution in [0.25, 0.3) is 0 Å². The molecule has 3 heteroatoms. The van der Waals surface area contributed by atoms with Gasteiger partial charge in [0.05, 0.1) is 12.3 Å². The fraction of sp³-hybridized carbons (Fsp3) is 0.714. The molecular formula is C14H22N2O.